The molecule has 3 aromatic rings. The van der Waals surface area contributed by atoms with Gasteiger partial charge in [-0.05, 0) is 48.9 Å². The van der Waals surface area contributed by atoms with E-state index in [9.17, 15) is 27.7 Å². The van der Waals surface area contributed by atoms with E-state index < -0.39 is 33.2 Å². The van der Waals surface area contributed by atoms with Gasteiger partial charge in [-0.15, -0.1) is 0 Å². The molecule has 1 N–H and O–H groups in total. The van der Waals surface area contributed by atoms with E-state index in [4.69, 9.17) is 4.74 Å². The first-order chi connectivity index (χ1) is 15.6. The Labute approximate surface area is 189 Å². The number of carbonyl (C=O) groups excluding carboxylic acids is 1. The Bertz CT molecular complexity index is 1300. The molecule has 0 saturated heterocycles. The van der Waals surface area contributed by atoms with Crippen LogP contribution in [-0.4, -0.2) is 32.9 Å². The summed E-state index contributed by atoms with van der Waals surface area (Å²) in [7, 11) is -2.93. The highest BCUT2D eigenvalue weighted by molar-refractivity contribution is 7.92. The molecular formula is C22H20FN3O6S. The lowest BCUT2D eigenvalue weighted by molar-refractivity contribution is -0.384. The van der Waals surface area contributed by atoms with Crippen LogP contribution in [0.5, 0.6) is 5.75 Å². The van der Waals surface area contributed by atoms with E-state index in [1.807, 2.05) is 0 Å². The Morgan fingerprint density at radius 3 is 2.39 bits per heavy atom. The van der Waals surface area contributed by atoms with Crippen molar-refractivity contribution >= 4 is 33.0 Å². The second-order valence-electron chi connectivity index (χ2n) is 6.94. The minimum Gasteiger partial charge on any atom is -0.497 e. The molecule has 1 amide bonds. The van der Waals surface area contributed by atoms with Crippen molar-refractivity contribution in [3.63, 3.8) is 0 Å². The van der Waals surface area contributed by atoms with Crippen LogP contribution >= 0.6 is 0 Å². The highest BCUT2D eigenvalue weighted by Crippen LogP contribution is 2.28. The third-order valence-corrected chi connectivity index (χ3v) is 6.54. The molecule has 3 rings (SSSR count). The van der Waals surface area contributed by atoms with Crippen molar-refractivity contribution in [1.82, 2.24) is 0 Å². The van der Waals surface area contributed by atoms with E-state index >= 15 is 0 Å². The van der Waals surface area contributed by atoms with Crippen LogP contribution in [0.25, 0.3) is 0 Å². The molecule has 0 atom stereocenters. The molecular weight excluding hydrogens is 453 g/mol. The van der Waals surface area contributed by atoms with Gasteiger partial charge in [-0.3, -0.25) is 19.2 Å². The van der Waals surface area contributed by atoms with Gasteiger partial charge >= 0.3 is 0 Å². The van der Waals surface area contributed by atoms with Crippen LogP contribution in [0.2, 0.25) is 0 Å². The number of amides is 1. The fourth-order valence-electron chi connectivity index (χ4n) is 3.01. The van der Waals surface area contributed by atoms with Crippen LogP contribution in [0.4, 0.5) is 21.5 Å². The molecule has 0 fully saturated rings. The lowest BCUT2D eigenvalue weighted by atomic mass is 10.2. The van der Waals surface area contributed by atoms with Crippen molar-refractivity contribution in [3.8, 4) is 5.75 Å². The van der Waals surface area contributed by atoms with E-state index in [1.165, 1.54) is 67.8 Å². The van der Waals surface area contributed by atoms with Gasteiger partial charge in [0, 0.05) is 12.1 Å². The fraction of sp³-hybridized carbons (Fsp3) is 0.136. The van der Waals surface area contributed by atoms with Gasteiger partial charge in [0.25, 0.3) is 15.7 Å². The van der Waals surface area contributed by atoms with Crippen molar-refractivity contribution in [2.75, 3.05) is 23.3 Å². The van der Waals surface area contributed by atoms with Crippen LogP contribution in [-0.2, 0) is 14.8 Å². The number of hydrogen-bond acceptors (Lipinski definition) is 6. The second-order valence-corrected chi connectivity index (χ2v) is 8.81. The number of hydrogen-bond donors (Lipinski definition) is 1. The first-order valence-corrected chi connectivity index (χ1v) is 11.0. The predicted octanol–water partition coefficient (Wildman–Crippen LogP) is 3.88. The normalized spacial score (nSPS) is 11.0. The Morgan fingerprint density at radius 2 is 1.79 bits per heavy atom. The molecule has 0 saturated carbocycles. The molecule has 33 heavy (non-hydrogen) atoms. The quantitative estimate of drug-likeness (QED) is 0.392. The maximum atomic E-state index is 14.6. The maximum Gasteiger partial charge on any atom is 0.271 e. The number of rotatable bonds is 8. The predicted molar refractivity (Wildman–Crippen MR) is 120 cm³/mol. The molecule has 0 unspecified atom stereocenters. The maximum absolute atomic E-state index is 14.6. The zero-order valence-electron chi connectivity index (χ0n) is 17.7. The summed E-state index contributed by atoms with van der Waals surface area (Å²) < 4.78 is 46.9. The number of nitrogens with zero attached hydrogens (tertiary/aromatic N) is 2. The number of carbonyl (C=O) groups is 1. The Kier molecular flexibility index (Phi) is 6.92. The molecule has 11 heteroatoms. The van der Waals surface area contributed by atoms with Crippen LogP contribution < -0.4 is 14.4 Å². The summed E-state index contributed by atoms with van der Waals surface area (Å²) in [4.78, 5) is 23.0. The summed E-state index contributed by atoms with van der Waals surface area (Å²) >= 11 is 0. The summed E-state index contributed by atoms with van der Waals surface area (Å²) in [6.45, 7) is 0.861. The van der Waals surface area contributed by atoms with E-state index in [2.05, 4.69) is 5.32 Å². The first kappa shape index (κ1) is 23.7. The van der Waals surface area contributed by atoms with E-state index in [1.54, 1.807) is 6.92 Å². The molecule has 0 spiro atoms. The molecule has 0 aromatic heterocycles. The number of aryl methyl sites for hydroxylation is 1. The Morgan fingerprint density at radius 1 is 1.12 bits per heavy atom. The number of benzene rings is 3. The summed E-state index contributed by atoms with van der Waals surface area (Å²) in [6, 6.07) is 14.5. The number of nitro groups is 1. The van der Waals surface area contributed by atoms with E-state index in [0.717, 1.165) is 6.07 Å². The van der Waals surface area contributed by atoms with Crippen LogP contribution in [0.3, 0.4) is 0 Å². The highest BCUT2D eigenvalue weighted by atomic mass is 32.2. The number of anilines is 2. The van der Waals surface area contributed by atoms with Crippen LogP contribution in [0, 0.1) is 22.9 Å². The molecule has 0 heterocycles. The number of non-ortho nitro benzene ring substituents is 1. The molecule has 0 aliphatic rings. The summed E-state index contributed by atoms with van der Waals surface area (Å²) in [5.41, 5.74) is 0.112. The van der Waals surface area contributed by atoms with Gasteiger partial charge in [0.2, 0.25) is 5.91 Å². The zero-order chi connectivity index (χ0) is 24.2. The lowest BCUT2D eigenvalue weighted by Crippen LogP contribution is -2.38. The number of para-hydroxylation sites is 1. The van der Waals surface area contributed by atoms with Crippen molar-refractivity contribution in [3.05, 3.63) is 88.2 Å². The zero-order valence-corrected chi connectivity index (χ0v) is 18.5. The number of halogens is 1. The third kappa shape index (κ3) is 5.26. The van der Waals surface area contributed by atoms with Gasteiger partial charge in [-0.2, -0.15) is 0 Å². The van der Waals surface area contributed by atoms with Crippen LogP contribution in [0.15, 0.2) is 71.6 Å². The van der Waals surface area contributed by atoms with Crippen LogP contribution in [0.1, 0.15) is 5.56 Å². The number of methoxy groups -OCH3 is 1. The van der Waals surface area contributed by atoms with E-state index in [-0.39, 0.29) is 22.0 Å². The average Bonchev–Trinajstić information content (AvgIpc) is 2.79. The molecule has 0 aliphatic heterocycles. The van der Waals surface area contributed by atoms with Crippen molar-refractivity contribution in [2.24, 2.45) is 0 Å². The summed E-state index contributed by atoms with van der Waals surface area (Å²) in [5, 5.41) is 13.5. The third-order valence-electron chi connectivity index (χ3n) is 4.76. The SMILES string of the molecule is COc1ccc(S(=O)(=O)N(CC(=O)Nc2cc([N+](=O)[O-])ccc2C)c2ccccc2F)cc1. The second kappa shape index (κ2) is 9.65. The van der Waals surface area contributed by atoms with Crippen molar-refractivity contribution in [2.45, 2.75) is 11.8 Å². The van der Waals surface area contributed by atoms with Gasteiger partial charge < -0.3 is 10.1 Å². The van der Waals surface area contributed by atoms with Gasteiger partial charge in [-0.1, -0.05) is 18.2 Å². The van der Waals surface area contributed by atoms with Gasteiger partial charge in [0.15, 0.2) is 0 Å². The van der Waals surface area contributed by atoms with E-state index in [0.29, 0.717) is 15.6 Å². The molecule has 3 aromatic carbocycles. The standard InChI is InChI=1S/C22H20FN3O6S/c1-15-7-8-16(26(28)29)13-20(15)24-22(27)14-25(21-6-4-3-5-19(21)23)33(30,31)18-11-9-17(32-2)10-12-18/h3-13H,14H2,1-2H3,(H,24,27). The number of ether oxygens (including phenoxy) is 1. The number of sulfonamides is 1. The van der Waals surface area contributed by atoms with Gasteiger partial charge in [-0.25, -0.2) is 12.8 Å². The largest absolute Gasteiger partial charge is 0.497 e. The lowest BCUT2D eigenvalue weighted by Gasteiger charge is -2.24. The fourth-order valence-corrected chi connectivity index (χ4v) is 4.44. The molecule has 0 bridgehead atoms. The topological polar surface area (TPSA) is 119 Å². The smallest absolute Gasteiger partial charge is 0.271 e. The number of nitro benzene ring substituents is 1. The Balaban J connectivity index is 1.97. The minimum absolute atomic E-state index is 0.143. The molecule has 9 nitrogen and oxygen atoms in total. The Hall–Kier alpha value is -3.99. The molecule has 172 valence electrons. The highest BCUT2D eigenvalue weighted by Gasteiger charge is 2.29. The van der Waals surface area contributed by atoms with Gasteiger partial charge in [0.05, 0.1) is 28.3 Å². The van der Waals surface area contributed by atoms with Crippen molar-refractivity contribution < 1.29 is 27.3 Å². The molecule has 0 aliphatic carbocycles. The average molecular weight is 473 g/mol. The molecule has 0 radical (unpaired) electrons. The minimum atomic E-state index is -4.35. The van der Waals surface area contributed by atoms with Gasteiger partial charge in [0.1, 0.15) is 18.1 Å². The summed E-state index contributed by atoms with van der Waals surface area (Å²) in [5.74, 6) is -1.22. The number of nitrogens with one attached hydrogen (secondary N) is 1. The summed E-state index contributed by atoms with van der Waals surface area (Å²) in [6.07, 6.45) is 0. The first-order valence-electron chi connectivity index (χ1n) is 9.59. The van der Waals surface area contributed by atoms with Crippen molar-refractivity contribution in [1.29, 1.82) is 0 Å². The monoisotopic (exact) mass is 473 g/mol.